The highest BCUT2D eigenvalue weighted by molar-refractivity contribution is 7.99. The molecule has 0 aromatic carbocycles. The summed E-state index contributed by atoms with van der Waals surface area (Å²) in [5.41, 5.74) is 0.215. The first-order valence-corrected chi connectivity index (χ1v) is 10.0. The maximum absolute atomic E-state index is 6.29. The van der Waals surface area contributed by atoms with E-state index >= 15 is 0 Å². The third-order valence-electron chi connectivity index (χ3n) is 5.66. The highest BCUT2D eigenvalue weighted by atomic mass is 32.2. The van der Waals surface area contributed by atoms with E-state index in [-0.39, 0.29) is 5.60 Å². The van der Waals surface area contributed by atoms with Crippen molar-refractivity contribution in [2.24, 2.45) is 11.8 Å². The lowest BCUT2D eigenvalue weighted by molar-refractivity contribution is -0.112. The Balaban J connectivity index is 1.66. The van der Waals surface area contributed by atoms with Gasteiger partial charge in [-0.25, -0.2) is 0 Å². The monoisotopic (exact) mass is 313 g/mol. The maximum atomic E-state index is 6.29. The molecule has 0 aromatic heterocycles. The van der Waals surface area contributed by atoms with Crippen LogP contribution in [0.3, 0.4) is 0 Å². The molecule has 4 heteroatoms. The molecule has 0 amide bonds. The zero-order chi connectivity index (χ0) is 14.5. The Hall–Kier alpha value is 0.230. The summed E-state index contributed by atoms with van der Waals surface area (Å²) in [4.78, 5) is 0. The molecule has 3 aliphatic rings. The van der Waals surface area contributed by atoms with Crippen LogP contribution in [0.25, 0.3) is 0 Å². The number of hydrogen-bond acceptors (Lipinski definition) is 4. The molecule has 3 heterocycles. The second kappa shape index (κ2) is 7.67. The molecular formula is C17H31NO2S. The molecule has 0 radical (unpaired) electrons. The molecule has 3 aliphatic heterocycles. The minimum absolute atomic E-state index is 0.215. The smallest absolute Gasteiger partial charge is 0.0701 e. The first kappa shape index (κ1) is 16.1. The van der Waals surface area contributed by atoms with E-state index in [4.69, 9.17) is 9.47 Å². The average molecular weight is 314 g/mol. The van der Waals surface area contributed by atoms with Gasteiger partial charge in [0.15, 0.2) is 0 Å². The lowest BCUT2D eigenvalue weighted by Gasteiger charge is -2.47. The number of nitrogens with one attached hydrogen (secondary N) is 1. The Labute approximate surface area is 133 Å². The van der Waals surface area contributed by atoms with Crippen LogP contribution >= 0.6 is 11.8 Å². The van der Waals surface area contributed by atoms with Gasteiger partial charge >= 0.3 is 0 Å². The van der Waals surface area contributed by atoms with Crippen molar-refractivity contribution in [2.45, 2.75) is 57.1 Å². The van der Waals surface area contributed by atoms with E-state index in [2.05, 4.69) is 24.0 Å². The van der Waals surface area contributed by atoms with Crippen molar-refractivity contribution in [2.75, 3.05) is 37.9 Å². The summed E-state index contributed by atoms with van der Waals surface area (Å²) >= 11 is 2.10. The van der Waals surface area contributed by atoms with Gasteiger partial charge in [-0.1, -0.05) is 6.92 Å². The fourth-order valence-electron chi connectivity index (χ4n) is 4.49. The molecule has 122 valence electrons. The van der Waals surface area contributed by atoms with E-state index < -0.39 is 0 Å². The molecule has 3 rings (SSSR count). The van der Waals surface area contributed by atoms with Crippen LogP contribution in [-0.2, 0) is 9.47 Å². The van der Waals surface area contributed by atoms with E-state index in [1.165, 1.54) is 50.0 Å². The second-order valence-corrected chi connectivity index (χ2v) is 8.15. The lowest BCUT2D eigenvalue weighted by atomic mass is 9.73. The van der Waals surface area contributed by atoms with Gasteiger partial charge in [0.05, 0.1) is 5.60 Å². The molecule has 0 saturated carbocycles. The average Bonchev–Trinajstić information content (AvgIpc) is 2.54. The van der Waals surface area contributed by atoms with E-state index in [1.807, 2.05) is 0 Å². The van der Waals surface area contributed by atoms with Crippen LogP contribution in [0.15, 0.2) is 0 Å². The Morgan fingerprint density at radius 1 is 1.10 bits per heavy atom. The fraction of sp³-hybridized carbons (Fsp3) is 1.00. The summed E-state index contributed by atoms with van der Waals surface area (Å²) in [6.07, 6.45) is 7.52. The van der Waals surface area contributed by atoms with Crippen LogP contribution in [0.1, 0.15) is 45.4 Å². The van der Waals surface area contributed by atoms with Crippen LogP contribution in [0.2, 0.25) is 0 Å². The van der Waals surface area contributed by atoms with Gasteiger partial charge in [-0.3, -0.25) is 0 Å². The Bertz CT molecular complexity index is 308. The number of rotatable bonds is 4. The molecule has 3 saturated heterocycles. The lowest BCUT2D eigenvalue weighted by Crippen LogP contribution is -2.51. The molecule has 21 heavy (non-hydrogen) atoms. The summed E-state index contributed by atoms with van der Waals surface area (Å²) < 4.78 is 11.9. The van der Waals surface area contributed by atoms with Crippen molar-refractivity contribution in [3.05, 3.63) is 0 Å². The van der Waals surface area contributed by atoms with Crippen molar-refractivity contribution in [1.29, 1.82) is 0 Å². The number of hydrogen-bond donors (Lipinski definition) is 1. The SMILES string of the molecule is CCNC(C1CCOCC1)C1CCOC2(CCSCC2)C1. The Morgan fingerprint density at radius 2 is 1.81 bits per heavy atom. The zero-order valence-corrected chi connectivity index (χ0v) is 14.3. The van der Waals surface area contributed by atoms with Crippen molar-refractivity contribution in [3.8, 4) is 0 Å². The maximum Gasteiger partial charge on any atom is 0.0701 e. The normalized spacial score (nSPS) is 32.1. The van der Waals surface area contributed by atoms with Crippen LogP contribution < -0.4 is 5.32 Å². The minimum atomic E-state index is 0.215. The molecule has 3 fully saturated rings. The first-order valence-electron chi connectivity index (χ1n) is 8.86. The molecular weight excluding hydrogens is 282 g/mol. The van der Waals surface area contributed by atoms with E-state index in [0.29, 0.717) is 6.04 Å². The van der Waals surface area contributed by atoms with Crippen molar-refractivity contribution < 1.29 is 9.47 Å². The van der Waals surface area contributed by atoms with Gasteiger partial charge in [-0.05, 0) is 68.4 Å². The molecule has 0 bridgehead atoms. The van der Waals surface area contributed by atoms with Crippen molar-refractivity contribution in [3.63, 3.8) is 0 Å². The fourth-order valence-corrected chi connectivity index (χ4v) is 5.73. The van der Waals surface area contributed by atoms with Gasteiger partial charge in [0.25, 0.3) is 0 Å². The predicted octanol–water partition coefficient (Wildman–Crippen LogP) is 3.08. The van der Waals surface area contributed by atoms with Crippen LogP contribution in [-0.4, -0.2) is 49.5 Å². The molecule has 0 aliphatic carbocycles. The van der Waals surface area contributed by atoms with Crippen molar-refractivity contribution >= 4 is 11.8 Å². The molecule has 2 unspecified atom stereocenters. The molecule has 0 aromatic rings. The predicted molar refractivity (Wildman–Crippen MR) is 89.0 cm³/mol. The van der Waals surface area contributed by atoms with Gasteiger partial charge in [-0.15, -0.1) is 0 Å². The third kappa shape index (κ3) is 3.95. The van der Waals surface area contributed by atoms with E-state index in [9.17, 15) is 0 Å². The minimum Gasteiger partial charge on any atom is -0.381 e. The van der Waals surface area contributed by atoms with Crippen LogP contribution in [0.5, 0.6) is 0 Å². The third-order valence-corrected chi connectivity index (χ3v) is 6.64. The first-order chi connectivity index (χ1) is 10.3. The van der Waals surface area contributed by atoms with E-state index in [1.54, 1.807) is 0 Å². The standard InChI is InChI=1S/C17H31NO2S/c1-2-18-16(14-3-8-19-9-4-14)15-5-10-20-17(13-15)6-11-21-12-7-17/h14-16,18H,2-13H2,1H3. The summed E-state index contributed by atoms with van der Waals surface area (Å²) in [5.74, 6) is 4.17. The van der Waals surface area contributed by atoms with Crippen LogP contribution in [0.4, 0.5) is 0 Å². The summed E-state index contributed by atoms with van der Waals surface area (Å²) in [7, 11) is 0. The quantitative estimate of drug-likeness (QED) is 0.864. The molecule has 2 atom stereocenters. The Kier molecular flexibility index (Phi) is 5.88. The Morgan fingerprint density at radius 3 is 2.52 bits per heavy atom. The van der Waals surface area contributed by atoms with Crippen molar-refractivity contribution in [1.82, 2.24) is 5.32 Å². The zero-order valence-electron chi connectivity index (χ0n) is 13.4. The highest BCUT2D eigenvalue weighted by Gasteiger charge is 2.42. The largest absolute Gasteiger partial charge is 0.381 e. The topological polar surface area (TPSA) is 30.5 Å². The second-order valence-electron chi connectivity index (χ2n) is 6.93. The number of ether oxygens (including phenoxy) is 2. The highest BCUT2D eigenvalue weighted by Crippen LogP contribution is 2.42. The van der Waals surface area contributed by atoms with Crippen LogP contribution in [0, 0.1) is 11.8 Å². The van der Waals surface area contributed by atoms with Gasteiger partial charge in [0, 0.05) is 25.9 Å². The summed E-state index contributed by atoms with van der Waals surface area (Å²) in [5, 5.41) is 3.83. The van der Waals surface area contributed by atoms with Gasteiger partial charge in [0.1, 0.15) is 0 Å². The van der Waals surface area contributed by atoms with Gasteiger partial charge < -0.3 is 14.8 Å². The summed E-state index contributed by atoms with van der Waals surface area (Å²) in [6, 6.07) is 0.675. The molecule has 3 nitrogen and oxygen atoms in total. The molecule has 1 N–H and O–H groups in total. The van der Waals surface area contributed by atoms with E-state index in [0.717, 1.165) is 38.2 Å². The summed E-state index contributed by atoms with van der Waals surface area (Å²) in [6.45, 7) is 6.22. The number of thioether (sulfide) groups is 1. The van der Waals surface area contributed by atoms with Gasteiger partial charge in [-0.2, -0.15) is 11.8 Å². The van der Waals surface area contributed by atoms with Gasteiger partial charge in [0.2, 0.25) is 0 Å². The molecule has 1 spiro atoms.